The number of rotatable bonds is 5. The van der Waals surface area contributed by atoms with E-state index in [0.29, 0.717) is 13.0 Å². The van der Waals surface area contributed by atoms with Gasteiger partial charge in [0.1, 0.15) is 0 Å². The zero-order chi connectivity index (χ0) is 9.40. The number of nitrogens with two attached hydrogens (primary N) is 2. The third-order valence-corrected chi connectivity index (χ3v) is 1.19. The SMILES string of the molecule is CNC(=O)OC(CCNN)NN. The van der Waals surface area contributed by atoms with Crippen LogP contribution in [0, 0.1) is 0 Å². The first-order valence-corrected chi connectivity index (χ1v) is 3.52. The van der Waals surface area contributed by atoms with Crippen molar-refractivity contribution >= 4 is 6.09 Å². The zero-order valence-corrected chi connectivity index (χ0v) is 6.96. The van der Waals surface area contributed by atoms with Gasteiger partial charge in [-0.05, 0) is 0 Å². The molecule has 1 unspecified atom stereocenters. The van der Waals surface area contributed by atoms with Crippen molar-refractivity contribution in [2.24, 2.45) is 11.7 Å². The van der Waals surface area contributed by atoms with Crippen LogP contribution in [0.2, 0.25) is 0 Å². The number of alkyl carbamates (subject to hydrolysis) is 1. The fraction of sp³-hybridized carbons (Fsp3) is 0.800. The maximum atomic E-state index is 10.7. The summed E-state index contributed by atoms with van der Waals surface area (Å²) in [5, 5.41) is 2.30. The molecule has 7 heteroatoms. The van der Waals surface area contributed by atoms with E-state index >= 15 is 0 Å². The molecule has 0 heterocycles. The fourth-order valence-corrected chi connectivity index (χ4v) is 0.579. The summed E-state index contributed by atoms with van der Waals surface area (Å²) >= 11 is 0. The highest BCUT2D eigenvalue weighted by atomic mass is 16.6. The summed E-state index contributed by atoms with van der Waals surface area (Å²) < 4.78 is 4.77. The lowest BCUT2D eigenvalue weighted by molar-refractivity contribution is 0.0744. The lowest BCUT2D eigenvalue weighted by Gasteiger charge is -2.15. The molecule has 1 amide bonds. The summed E-state index contributed by atoms with van der Waals surface area (Å²) in [6.07, 6.45) is -0.559. The fourth-order valence-electron chi connectivity index (χ4n) is 0.579. The molecule has 0 rings (SSSR count). The van der Waals surface area contributed by atoms with E-state index in [-0.39, 0.29) is 0 Å². The highest BCUT2D eigenvalue weighted by Crippen LogP contribution is 1.91. The number of ether oxygens (including phenoxy) is 1. The van der Waals surface area contributed by atoms with Gasteiger partial charge < -0.3 is 10.1 Å². The van der Waals surface area contributed by atoms with Crippen LogP contribution in [0.25, 0.3) is 0 Å². The predicted octanol–water partition coefficient (Wildman–Crippen LogP) is -2.01. The Morgan fingerprint density at radius 3 is 2.67 bits per heavy atom. The normalized spacial score (nSPS) is 12.2. The highest BCUT2D eigenvalue weighted by molar-refractivity contribution is 5.66. The number of carbonyl (C=O) groups is 1. The van der Waals surface area contributed by atoms with E-state index in [2.05, 4.69) is 16.2 Å². The molecule has 7 nitrogen and oxygen atoms in total. The van der Waals surface area contributed by atoms with Gasteiger partial charge in [0, 0.05) is 20.0 Å². The molecule has 0 saturated carbocycles. The van der Waals surface area contributed by atoms with Crippen molar-refractivity contribution in [2.75, 3.05) is 13.6 Å². The van der Waals surface area contributed by atoms with Gasteiger partial charge in [-0.3, -0.25) is 17.1 Å². The lowest BCUT2D eigenvalue weighted by Crippen LogP contribution is -2.43. The van der Waals surface area contributed by atoms with Gasteiger partial charge >= 0.3 is 6.09 Å². The molecule has 0 aromatic carbocycles. The Hall–Kier alpha value is -0.890. The van der Waals surface area contributed by atoms with Crippen LogP contribution in [0.15, 0.2) is 0 Å². The molecule has 0 aromatic rings. The Kier molecular flexibility index (Phi) is 6.29. The second kappa shape index (κ2) is 6.80. The Bertz CT molecular complexity index is 131. The minimum Gasteiger partial charge on any atom is -0.429 e. The van der Waals surface area contributed by atoms with Crippen molar-refractivity contribution in [1.29, 1.82) is 0 Å². The Morgan fingerprint density at radius 1 is 1.58 bits per heavy atom. The minimum atomic E-state index is -0.532. The molecule has 0 aliphatic heterocycles. The summed E-state index contributed by atoms with van der Waals surface area (Å²) in [5.41, 5.74) is 4.74. The first-order chi connectivity index (χ1) is 5.74. The summed E-state index contributed by atoms with van der Waals surface area (Å²) in [7, 11) is 1.47. The predicted molar refractivity (Wildman–Crippen MR) is 43.5 cm³/mol. The number of nitrogens with one attached hydrogen (secondary N) is 3. The van der Waals surface area contributed by atoms with Crippen LogP contribution in [0.5, 0.6) is 0 Å². The smallest absolute Gasteiger partial charge is 0.408 e. The van der Waals surface area contributed by atoms with Crippen molar-refractivity contribution in [1.82, 2.24) is 16.2 Å². The Morgan fingerprint density at radius 2 is 2.25 bits per heavy atom. The van der Waals surface area contributed by atoms with Crippen molar-refractivity contribution in [3.05, 3.63) is 0 Å². The highest BCUT2D eigenvalue weighted by Gasteiger charge is 2.09. The standard InChI is InChI=1S/C5H15N5O2/c1-8-5(11)12-4(10-7)2-3-9-6/h4,9-10H,2-3,6-7H2,1H3,(H,8,11). The monoisotopic (exact) mass is 177 g/mol. The van der Waals surface area contributed by atoms with E-state index < -0.39 is 12.3 Å². The van der Waals surface area contributed by atoms with Gasteiger partial charge in [-0.25, -0.2) is 10.2 Å². The van der Waals surface area contributed by atoms with E-state index in [1.165, 1.54) is 7.05 Å². The first-order valence-electron chi connectivity index (χ1n) is 3.52. The van der Waals surface area contributed by atoms with Crippen molar-refractivity contribution in [3.63, 3.8) is 0 Å². The molecular weight excluding hydrogens is 162 g/mol. The molecule has 0 aliphatic rings. The van der Waals surface area contributed by atoms with Crippen LogP contribution in [0.4, 0.5) is 4.79 Å². The molecule has 0 bridgehead atoms. The van der Waals surface area contributed by atoms with Crippen LogP contribution in [0.1, 0.15) is 6.42 Å². The number of hydrogen-bond acceptors (Lipinski definition) is 6. The van der Waals surface area contributed by atoms with Gasteiger partial charge in [0.25, 0.3) is 0 Å². The minimum absolute atomic E-state index is 0.500. The number of carbonyl (C=O) groups excluding carboxylic acids is 1. The average Bonchev–Trinajstić information content (AvgIpc) is 2.11. The average molecular weight is 177 g/mol. The molecule has 0 saturated heterocycles. The summed E-state index contributed by atoms with van der Waals surface area (Å²) in [6, 6.07) is 0. The van der Waals surface area contributed by atoms with E-state index in [0.717, 1.165) is 0 Å². The van der Waals surface area contributed by atoms with E-state index in [4.69, 9.17) is 16.4 Å². The number of hydrogen-bond donors (Lipinski definition) is 5. The van der Waals surface area contributed by atoms with Crippen molar-refractivity contribution in [2.45, 2.75) is 12.6 Å². The topological polar surface area (TPSA) is 114 Å². The van der Waals surface area contributed by atoms with Gasteiger partial charge in [0.15, 0.2) is 6.23 Å². The molecule has 1 atom stereocenters. The molecule has 72 valence electrons. The quantitative estimate of drug-likeness (QED) is 0.188. The Balaban J connectivity index is 3.59. The third kappa shape index (κ3) is 4.85. The molecule has 0 aromatic heterocycles. The second-order valence-electron chi connectivity index (χ2n) is 2.05. The van der Waals surface area contributed by atoms with Crippen LogP contribution in [-0.4, -0.2) is 25.9 Å². The molecule has 0 radical (unpaired) electrons. The molecular formula is C5H15N5O2. The van der Waals surface area contributed by atoms with E-state index in [1.807, 2.05) is 0 Å². The molecule has 7 N–H and O–H groups in total. The van der Waals surface area contributed by atoms with Gasteiger partial charge in [-0.2, -0.15) is 0 Å². The van der Waals surface area contributed by atoms with E-state index in [9.17, 15) is 4.79 Å². The summed E-state index contributed by atoms with van der Waals surface area (Å²) in [5.74, 6) is 10.1. The molecule has 0 aliphatic carbocycles. The third-order valence-electron chi connectivity index (χ3n) is 1.19. The largest absolute Gasteiger partial charge is 0.429 e. The Labute approximate surface area is 70.7 Å². The first kappa shape index (κ1) is 11.1. The van der Waals surface area contributed by atoms with Gasteiger partial charge in [0.05, 0.1) is 0 Å². The second-order valence-corrected chi connectivity index (χ2v) is 2.05. The lowest BCUT2D eigenvalue weighted by atomic mass is 10.4. The van der Waals surface area contributed by atoms with Crippen LogP contribution in [-0.2, 0) is 4.74 Å². The van der Waals surface area contributed by atoms with Gasteiger partial charge in [-0.1, -0.05) is 0 Å². The molecule has 12 heavy (non-hydrogen) atoms. The van der Waals surface area contributed by atoms with Crippen LogP contribution >= 0.6 is 0 Å². The van der Waals surface area contributed by atoms with Crippen LogP contribution < -0.4 is 27.9 Å². The van der Waals surface area contributed by atoms with E-state index in [1.54, 1.807) is 0 Å². The zero-order valence-electron chi connectivity index (χ0n) is 6.96. The van der Waals surface area contributed by atoms with Gasteiger partial charge in [-0.15, -0.1) is 0 Å². The van der Waals surface area contributed by atoms with Crippen molar-refractivity contribution in [3.8, 4) is 0 Å². The van der Waals surface area contributed by atoms with Gasteiger partial charge in [0.2, 0.25) is 0 Å². The van der Waals surface area contributed by atoms with Crippen molar-refractivity contribution < 1.29 is 9.53 Å². The molecule has 0 fully saturated rings. The molecule has 0 spiro atoms. The number of amides is 1. The summed E-state index contributed by atoms with van der Waals surface area (Å²) in [6.45, 7) is 0.506. The maximum Gasteiger partial charge on any atom is 0.408 e. The maximum absolute atomic E-state index is 10.7. The summed E-state index contributed by atoms with van der Waals surface area (Å²) in [4.78, 5) is 10.7. The number of hydrazine groups is 2. The van der Waals surface area contributed by atoms with Crippen LogP contribution in [0.3, 0.4) is 0 Å².